The average Bonchev–Trinajstić information content (AvgIpc) is 2.82. The van der Waals surface area contributed by atoms with E-state index in [4.69, 9.17) is 4.98 Å². The maximum atomic E-state index is 12.7. The normalized spacial score (nSPS) is 17.9. The van der Waals surface area contributed by atoms with E-state index in [1.807, 2.05) is 4.90 Å². The Morgan fingerprint density at radius 3 is 2.66 bits per heavy atom. The third-order valence-corrected chi connectivity index (χ3v) is 6.66. The van der Waals surface area contributed by atoms with Crippen LogP contribution in [0.1, 0.15) is 61.4 Å². The lowest BCUT2D eigenvalue weighted by atomic mass is 9.88. The first-order chi connectivity index (χ1) is 15.6. The third kappa shape index (κ3) is 5.51. The zero-order valence-corrected chi connectivity index (χ0v) is 18.5. The number of ketones is 1. The van der Waals surface area contributed by atoms with Crippen molar-refractivity contribution < 1.29 is 14.7 Å². The highest BCUT2D eigenvalue weighted by Crippen LogP contribution is 2.28. The lowest BCUT2D eigenvalue weighted by Crippen LogP contribution is -2.41. The highest BCUT2D eigenvalue weighted by atomic mass is 16.4. The van der Waals surface area contributed by atoms with E-state index in [9.17, 15) is 14.7 Å². The summed E-state index contributed by atoms with van der Waals surface area (Å²) in [5, 5.41) is 13.1. The van der Waals surface area contributed by atoms with Gasteiger partial charge in [0.2, 0.25) is 0 Å². The van der Waals surface area contributed by atoms with Gasteiger partial charge in [-0.3, -0.25) is 19.5 Å². The highest BCUT2D eigenvalue weighted by Gasteiger charge is 2.32. The lowest BCUT2D eigenvalue weighted by Gasteiger charge is -2.35. The Kier molecular flexibility index (Phi) is 7.47. The number of aliphatic carboxylic acids is 1. The molecule has 170 valence electrons. The SMILES string of the molecule is O=C(CCCCc1ccc2c(n1)NCCC2)C1CCN(C(C(=O)O)c2ccncc2)CC1. The Morgan fingerprint density at radius 2 is 1.91 bits per heavy atom. The van der Waals surface area contributed by atoms with Gasteiger partial charge in [-0.1, -0.05) is 6.07 Å². The number of aryl methyl sites for hydroxylation is 2. The highest BCUT2D eigenvalue weighted by molar-refractivity contribution is 5.81. The predicted octanol–water partition coefficient (Wildman–Crippen LogP) is 3.65. The number of unbranched alkanes of at least 4 members (excludes halogenated alkanes) is 1. The van der Waals surface area contributed by atoms with E-state index < -0.39 is 12.0 Å². The van der Waals surface area contributed by atoms with Crippen molar-refractivity contribution in [3.8, 4) is 0 Å². The monoisotopic (exact) mass is 436 g/mol. The molecule has 2 aromatic heterocycles. The van der Waals surface area contributed by atoms with Crippen LogP contribution in [0.15, 0.2) is 36.7 Å². The molecule has 1 saturated heterocycles. The summed E-state index contributed by atoms with van der Waals surface area (Å²) in [5.74, 6) is 0.541. The number of piperidine rings is 1. The summed E-state index contributed by atoms with van der Waals surface area (Å²) in [7, 11) is 0. The van der Waals surface area contributed by atoms with Crippen LogP contribution >= 0.6 is 0 Å². The Hall–Kier alpha value is -2.80. The van der Waals surface area contributed by atoms with Crippen molar-refractivity contribution in [1.29, 1.82) is 0 Å². The summed E-state index contributed by atoms with van der Waals surface area (Å²) in [6.45, 7) is 2.25. The smallest absolute Gasteiger partial charge is 0.325 e. The zero-order valence-electron chi connectivity index (χ0n) is 18.5. The molecule has 4 heterocycles. The summed E-state index contributed by atoms with van der Waals surface area (Å²) in [6.07, 6.45) is 10.3. The van der Waals surface area contributed by atoms with Crippen molar-refractivity contribution in [1.82, 2.24) is 14.9 Å². The van der Waals surface area contributed by atoms with Gasteiger partial charge in [0.1, 0.15) is 17.6 Å². The zero-order chi connectivity index (χ0) is 22.3. The fraction of sp³-hybridized carbons (Fsp3) is 0.520. The van der Waals surface area contributed by atoms with E-state index in [0.717, 1.165) is 68.6 Å². The molecule has 4 rings (SSSR count). The standard InChI is InChI=1S/C25H32N4O3/c30-22(6-2-1-5-21-8-7-20-4-3-13-27-24(20)28-21)18-11-16-29(17-12-18)23(25(31)32)19-9-14-26-15-10-19/h7-10,14-15,18,23H,1-6,11-13,16-17H2,(H,27,28)(H,31,32). The van der Waals surface area contributed by atoms with E-state index in [2.05, 4.69) is 22.4 Å². The summed E-state index contributed by atoms with van der Waals surface area (Å²) in [6, 6.07) is 7.13. The van der Waals surface area contributed by atoms with Crippen LogP contribution in [0, 0.1) is 5.92 Å². The number of pyridine rings is 2. The number of carboxylic acid groups (broad SMARTS) is 1. The molecule has 2 N–H and O–H groups in total. The van der Waals surface area contributed by atoms with Gasteiger partial charge in [-0.15, -0.1) is 0 Å². The number of nitrogens with zero attached hydrogens (tertiary/aromatic N) is 3. The van der Waals surface area contributed by atoms with E-state index >= 15 is 0 Å². The number of carbonyl (C=O) groups excluding carboxylic acids is 1. The number of nitrogens with one attached hydrogen (secondary N) is 1. The van der Waals surface area contributed by atoms with Crippen molar-refractivity contribution in [2.45, 2.75) is 57.4 Å². The van der Waals surface area contributed by atoms with Gasteiger partial charge in [-0.05, 0) is 87.4 Å². The molecule has 0 spiro atoms. The van der Waals surface area contributed by atoms with Crippen molar-refractivity contribution in [3.05, 3.63) is 53.5 Å². The topological polar surface area (TPSA) is 95.4 Å². The number of Topliss-reactive ketones (excluding diaryl/α,β-unsaturated/α-hetero) is 1. The van der Waals surface area contributed by atoms with Crippen LogP contribution in [0.25, 0.3) is 0 Å². The third-order valence-electron chi connectivity index (χ3n) is 6.66. The van der Waals surface area contributed by atoms with Crippen molar-refractivity contribution in [2.24, 2.45) is 5.92 Å². The minimum atomic E-state index is -0.855. The van der Waals surface area contributed by atoms with Gasteiger partial charge in [-0.2, -0.15) is 0 Å². The van der Waals surface area contributed by atoms with Crippen LogP contribution in [-0.4, -0.2) is 51.4 Å². The van der Waals surface area contributed by atoms with Crippen molar-refractivity contribution in [2.75, 3.05) is 25.0 Å². The summed E-state index contributed by atoms with van der Waals surface area (Å²) in [4.78, 5) is 35.2. The van der Waals surface area contributed by atoms with E-state index in [0.29, 0.717) is 25.3 Å². The van der Waals surface area contributed by atoms with E-state index in [-0.39, 0.29) is 5.92 Å². The fourth-order valence-electron chi connectivity index (χ4n) is 4.85. The van der Waals surface area contributed by atoms with E-state index in [1.165, 1.54) is 5.56 Å². The lowest BCUT2D eigenvalue weighted by molar-refractivity contribution is -0.144. The Morgan fingerprint density at radius 1 is 1.12 bits per heavy atom. The van der Waals surface area contributed by atoms with Crippen LogP contribution in [-0.2, 0) is 22.4 Å². The second-order valence-electron chi connectivity index (χ2n) is 8.85. The summed E-state index contributed by atoms with van der Waals surface area (Å²) in [5.41, 5.74) is 3.13. The molecule has 0 aliphatic carbocycles. The minimum Gasteiger partial charge on any atom is -0.480 e. The summed E-state index contributed by atoms with van der Waals surface area (Å²) >= 11 is 0. The first kappa shape index (κ1) is 22.4. The predicted molar refractivity (Wildman–Crippen MR) is 123 cm³/mol. The van der Waals surface area contributed by atoms with Gasteiger partial charge in [0.05, 0.1) is 0 Å². The van der Waals surface area contributed by atoms with E-state index in [1.54, 1.807) is 24.5 Å². The number of hydrogen-bond acceptors (Lipinski definition) is 6. The molecule has 2 aromatic rings. The molecule has 7 heteroatoms. The molecule has 7 nitrogen and oxygen atoms in total. The molecule has 1 fully saturated rings. The molecular weight excluding hydrogens is 404 g/mol. The van der Waals surface area contributed by atoms with Crippen LogP contribution < -0.4 is 5.32 Å². The van der Waals surface area contributed by atoms with Crippen LogP contribution in [0.2, 0.25) is 0 Å². The average molecular weight is 437 g/mol. The number of rotatable bonds is 9. The first-order valence-corrected chi connectivity index (χ1v) is 11.7. The van der Waals surface area contributed by atoms with Crippen molar-refractivity contribution in [3.63, 3.8) is 0 Å². The van der Waals surface area contributed by atoms with Gasteiger partial charge in [-0.25, -0.2) is 4.98 Å². The Bertz CT molecular complexity index is 926. The quantitative estimate of drug-likeness (QED) is 0.579. The number of likely N-dealkylation sites (tertiary alicyclic amines) is 1. The molecule has 2 aliphatic heterocycles. The van der Waals surface area contributed by atoms with Crippen LogP contribution in [0.4, 0.5) is 5.82 Å². The van der Waals surface area contributed by atoms with Gasteiger partial charge >= 0.3 is 5.97 Å². The van der Waals surface area contributed by atoms with Gasteiger partial charge in [0, 0.05) is 37.0 Å². The number of anilines is 1. The maximum absolute atomic E-state index is 12.7. The largest absolute Gasteiger partial charge is 0.480 e. The second-order valence-corrected chi connectivity index (χ2v) is 8.85. The molecule has 1 unspecified atom stereocenters. The molecule has 32 heavy (non-hydrogen) atoms. The molecule has 0 saturated carbocycles. The number of carboxylic acids is 1. The molecule has 2 aliphatic rings. The molecule has 1 atom stereocenters. The number of aromatic nitrogens is 2. The Balaban J connectivity index is 1.20. The molecule has 0 bridgehead atoms. The first-order valence-electron chi connectivity index (χ1n) is 11.7. The molecular formula is C25H32N4O3. The van der Waals surface area contributed by atoms with Gasteiger partial charge in [0.25, 0.3) is 0 Å². The molecule has 0 aromatic carbocycles. The molecule has 0 amide bonds. The van der Waals surface area contributed by atoms with Gasteiger partial charge < -0.3 is 10.4 Å². The number of fused-ring (bicyclic) bond motifs is 1. The second kappa shape index (κ2) is 10.7. The number of carbonyl (C=O) groups is 2. The van der Waals surface area contributed by atoms with Crippen LogP contribution in [0.5, 0.6) is 0 Å². The fourth-order valence-corrected chi connectivity index (χ4v) is 4.85. The number of hydrogen-bond donors (Lipinski definition) is 2. The Labute approximate surface area is 189 Å². The molecule has 0 radical (unpaired) electrons. The summed E-state index contributed by atoms with van der Waals surface area (Å²) < 4.78 is 0. The maximum Gasteiger partial charge on any atom is 0.325 e. The minimum absolute atomic E-state index is 0.0456. The van der Waals surface area contributed by atoms with Crippen LogP contribution in [0.3, 0.4) is 0 Å². The van der Waals surface area contributed by atoms with Crippen molar-refractivity contribution >= 4 is 17.6 Å². The van der Waals surface area contributed by atoms with Gasteiger partial charge in [0.15, 0.2) is 0 Å².